The Kier molecular flexibility index (Phi) is 23.3. The molecule has 83 heavy (non-hydrogen) atoms. The predicted octanol–water partition coefficient (Wildman–Crippen LogP) is 16.9. The minimum Gasteiger partial charge on any atom is -0.497 e. The predicted molar refractivity (Wildman–Crippen MR) is 342 cm³/mol. The number of ether oxygens (including phenoxy) is 6. The van der Waals surface area contributed by atoms with Gasteiger partial charge in [0.2, 0.25) is 0 Å². The first kappa shape index (κ1) is 65.2. The van der Waals surface area contributed by atoms with E-state index in [1.54, 1.807) is 7.11 Å². The summed E-state index contributed by atoms with van der Waals surface area (Å²) in [6, 6.07) is 60.0. The van der Waals surface area contributed by atoms with E-state index >= 15 is 4.79 Å². The summed E-state index contributed by atoms with van der Waals surface area (Å²) in [4.78, 5) is 15.6. The molecule has 6 aromatic rings. The molecule has 6 aromatic carbocycles. The molecule has 1 saturated heterocycles. The summed E-state index contributed by atoms with van der Waals surface area (Å²) in [6.07, 6.45) is -0.567. The Morgan fingerprint density at radius 3 is 1.52 bits per heavy atom. The van der Waals surface area contributed by atoms with Crippen LogP contribution in [-0.4, -0.2) is 79.4 Å². The zero-order chi connectivity index (χ0) is 59.8. The molecule has 0 radical (unpaired) electrons. The van der Waals surface area contributed by atoms with Crippen LogP contribution in [-0.2, 0) is 62.8 Å². The highest BCUT2D eigenvalue weighted by molar-refractivity contribution is 6.74. The van der Waals surface area contributed by atoms with Crippen molar-refractivity contribution in [2.75, 3.05) is 20.3 Å². The second-order valence-electron chi connectivity index (χ2n) is 25.8. The molecule has 8 atom stereocenters. The SMILES string of the molecule is C=C(C[C@H](O[Si](C)(C)C(C)(C)C)[C@@H](C)[C@@H](CCCCOC(c1ccccc1)(c1ccccc1)c1ccccc1)OCc1ccc(OC)cc1)C(=O)[C@@H]1O[C@H](CO[Si](C)(C)C(C)(C)C)[C@@H](OCc2ccccc2)[C@H](OCc2ccccc2)[C@H]1C. The molecule has 0 bridgehead atoms. The van der Waals surface area contributed by atoms with Crippen LogP contribution in [0.2, 0.25) is 36.3 Å². The summed E-state index contributed by atoms with van der Waals surface area (Å²) in [6.45, 7) is 33.3. The number of hydrogen-bond donors (Lipinski definition) is 0. The van der Waals surface area contributed by atoms with Crippen LogP contribution in [0.4, 0.5) is 0 Å². The van der Waals surface area contributed by atoms with Crippen molar-refractivity contribution in [3.8, 4) is 5.75 Å². The third-order valence-corrected chi connectivity index (χ3v) is 26.8. The normalized spacial score (nSPS) is 19.2. The van der Waals surface area contributed by atoms with E-state index in [1.807, 2.05) is 48.5 Å². The number of ketones is 1. The monoisotopic (exact) mass is 1160 g/mol. The molecule has 7 rings (SSSR count). The van der Waals surface area contributed by atoms with E-state index in [2.05, 4.69) is 216 Å². The molecular weight excluding hydrogens is 1060 g/mol. The van der Waals surface area contributed by atoms with Crippen molar-refractivity contribution in [3.05, 3.63) is 221 Å². The van der Waals surface area contributed by atoms with Crippen LogP contribution in [0, 0.1) is 11.8 Å². The van der Waals surface area contributed by atoms with Gasteiger partial charge in [0.05, 0.1) is 51.8 Å². The highest BCUT2D eigenvalue weighted by atomic mass is 28.4. The zero-order valence-electron chi connectivity index (χ0n) is 52.1. The summed E-state index contributed by atoms with van der Waals surface area (Å²) in [5, 5.41) is -0.173. The van der Waals surface area contributed by atoms with Crippen molar-refractivity contribution >= 4 is 22.4 Å². The minimum atomic E-state index is -2.47. The van der Waals surface area contributed by atoms with E-state index in [4.69, 9.17) is 37.3 Å². The smallest absolute Gasteiger partial charge is 0.192 e. The maximum Gasteiger partial charge on any atom is 0.192 e. The van der Waals surface area contributed by atoms with Crippen LogP contribution in [0.1, 0.15) is 114 Å². The Labute approximate surface area is 500 Å². The maximum atomic E-state index is 15.6. The molecular formula is C72H96O9Si2. The van der Waals surface area contributed by atoms with Gasteiger partial charge in [-0.15, -0.1) is 0 Å². The quantitative estimate of drug-likeness (QED) is 0.0189. The van der Waals surface area contributed by atoms with E-state index < -0.39 is 58.7 Å². The fourth-order valence-electron chi connectivity index (χ4n) is 10.5. The van der Waals surface area contributed by atoms with Gasteiger partial charge in [0.15, 0.2) is 22.4 Å². The lowest BCUT2D eigenvalue weighted by molar-refractivity contribution is -0.233. The number of methoxy groups -OCH3 is 1. The van der Waals surface area contributed by atoms with Gasteiger partial charge in [-0.2, -0.15) is 0 Å². The number of carbonyl (C=O) groups is 1. The lowest BCUT2D eigenvalue weighted by atomic mass is 9.80. The summed E-state index contributed by atoms with van der Waals surface area (Å²) < 4.78 is 55.3. The van der Waals surface area contributed by atoms with Crippen LogP contribution in [0.5, 0.6) is 5.75 Å². The Bertz CT molecular complexity index is 2770. The summed E-state index contributed by atoms with van der Waals surface area (Å²) in [5.41, 5.74) is 5.95. The van der Waals surface area contributed by atoms with Crippen molar-refractivity contribution in [2.45, 2.75) is 179 Å². The van der Waals surface area contributed by atoms with Gasteiger partial charge >= 0.3 is 0 Å². The number of Topliss-reactive ketones (excluding diaryl/α,β-unsaturated/α-hetero) is 1. The fourth-order valence-corrected chi connectivity index (χ4v) is 13.0. The summed E-state index contributed by atoms with van der Waals surface area (Å²) in [7, 11) is -3.07. The highest BCUT2D eigenvalue weighted by Crippen LogP contribution is 2.44. The first-order valence-corrected chi connectivity index (χ1v) is 35.9. The van der Waals surface area contributed by atoms with Crippen LogP contribution >= 0.6 is 0 Å². The molecule has 0 aliphatic carbocycles. The van der Waals surface area contributed by atoms with Gasteiger partial charge in [-0.1, -0.05) is 226 Å². The number of rotatable bonds is 30. The summed E-state index contributed by atoms with van der Waals surface area (Å²) in [5.74, 6) is 0.0693. The first-order valence-electron chi connectivity index (χ1n) is 30.1. The number of benzene rings is 6. The molecule has 11 heteroatoms. The molecule has 446 valence electrons. The zero-order valence-corrected chi connectivity index (χ0v) is 54.1. The fraction of sp³-hybridized carbons (Fsp3) is 0.458. The number of unbranched alkanes of at least 4 members (excludes halogenated alkanes) is 1. The second-order valence-corrected chi connectivity index (χ2v) is 35.4. The lowest BCUT2D eigenvalue weighted by Gasteiger charge is -2.47. The molecule has 0 amide bonds. The molecule has 0 saturated carbocycles. The molecule has 1 heterocycles. The standard InChI is InChI=1S/C72H96O9Si2/c1-53(66(73)67-55(3)68(76-50-56-32-20-15-21-33-56)69(77-51-57-34-22-16-23-35-57)65(80-67)52-79-82(11,12)70(4,5)6)48-64(81-83(13,14)71(7,8)9)54(2)63(75-49-58-43-45-62(74-10)46-44-58)42-30-31-47-78-72(59-36-24-17-25-37-59,60-38-26-18-27-39-60)61-40-28-19-29-41-61/h15-29,32-41,43-46,54-55,63-65,67-69H,1,30-31,42,47-52H2,2-14H3/t54-,55-,63+,64-,65+,67+,68+,69+/m0/s1. The number of hydrogen-bond acceptors (Lipinski definition) is 9. The second kappa shape index (κ2) is 29.7. The van der Waals surface area contributed by atoms with Gasteiger partial charge in [0.25, 0.3) is 0 Å². The average Bonchev–Trinajstić information content (AvgIpc) is 3.50. The molecule has 1 fully saturated rings. The van der Waals surface area contributed by atoms with Crippen LogP contribution in [0.3, 0.4) is 0 Å². The summed E-state index contributed by atoms with van der Waals surface area (Å²) >= 11 is 0. The molecule has 0 unspecified atom stereocenters. The molecule has 0 aromatic heterocycles. The van der Waals surface area contributed by atoms with Gasteiger partial charge in [-0.25, -0.2) is 0 Å². The third kappa shape index (κ3) is 17.2. The third-order valence-electron chi connectivity index (χ3n) is 17.8. The Morgan fingerprint density at radius 1 is 0.590 bits per heavy atom. The van der Waals surface area contributed by atoms with E-state index in [9.17, 15) is 0 Å². The Hall–Kier alpha value is -5.32. The lowest BCUT2D eigenvalue weighted by Crippen LogP contribution is -2.60. The van der Waals surface area contributed by atoms with Gasteiger partial charge < -0.3 is 37.3 Å². The Morgan fingerprint density at radius 2 is 1.05 bits per heavy atom. The van der Waals surface area contributed by atoms with Crippen molar-refractivity contribution < 1.29 is 42.1 Å². The molecule has 1 aliphatic rings. The van der Waals surface area contributed by atoms with Crippen molar-refractivity contribution in [1.29, 1.82) is 0 Å². The van der Waals surface area contributed by atoms with Gasteiger partial charge in [-0.05, 0) is 107 Å². The average molecular weight is 1160 g/mol. The molecule has 9 nitrogen and oxygen atoms in total. The van der Waals surface area contributed by atoms with E-state index in [-0.39, 0.29) is 34.5 Å². The molecule has 0 spiro atoms. The molecule has 1 aliphatic heterocycles. The first-order chi connectivity index (χ1) is 39.5. The van der Waals surface area contributed by atoms with Gasteiger partial charge in [0.1, 0.15) is 29.7 Å². The highest BCUT2D eigenvalue weighted by Gasteiger charge is 2.50. The van der Waals surface area contributed by atoms with Crippen molar-refractivity contribution in [2.24, 2.45) is 11.8 Å². The van der Waals surface area contributed by atoms with Crippen molar-refractivity contribution in [1.82, 2.24) is 0 Å². The van der Waals surface area contributed by atoms with Crippen molar-refractivity contribution in [3.63, 3.8) is 0 Å². The van der Waals surface area contributed by atoms with E-state index in [1.165, 1.54) is 0 Å². The number of carbonyl (C=O) groups excluding carboxylic acids is 1. The van der Waals surface area contributed by atoms with Crippen LogP contribution in [0.25, 0.3) is 0 Å². The van der Waals surface area contributed by atoms with Gasteiger partial charge in [0, 0.05) is 24.9 Å². The van der Waals surface area contributed by atoms with Crippen LogP contribution < -0.4 is 4.74 Å². The van der Waals surface area contributed by atoms with Crippen LogP contribution in [0.15, 0.2) is 188 Å². The minimum absolute atomic E-state index is 0.0546. The topological polar surface area (TPSA) is 90.9 Å². The van der Waals surface area contributed by atoms with E-state index in [0.717, 1.165) is 58.4 Å². The Balaban J connectivity index is 1.17. The molecule has 0 N–H and O–H groups in total. The van der Waals surface area contributed by atoms with E-state index in [0.29, 0.717) is 38.4 Å². The largest absolute Gasteiger partial charge is 0.497 e. The van der Waals surface area contributed by atoms with Gasteiger partial charge in [-0.3, -0.25) is 4.79 Å². The maximum absolute atomic E-state index is 15.6.